The van der Waals surface area contributed by atoms with Crippen molar-refractivity contribution in [2.75, 3.05) is 11.9 Å². The lowest BCUT2D eigenvalue weighted by Crippen LogP contribution is -2.08. The lowest BCUT2D eigenvalue weighted by atomic mass is 10.2. The molecule has 0 spiro atoms. The van der Waals surface area contributed by atoms with Crippen LogP contribution in [-0.2, 0) is 0 Å². The predicted molar refractivity (Wildman–Crippen MR) is 71.7 cm³/mol. The Bertz CT molecular complexity index is 520. The number of aromatic nitrogens is 2. The van der Waals surface area contributed by atoms with Gasteiger partial charge >= 0.3 is 0 Å². The second-order valence-corrected chi connectivity index (χ2v) is 4.36. The van der Waals surface area contributed by atoms with E-state index in [-0.39, 0.29) is 5.82 Å². The molecule has 3 nitrogen and oxygen atoms in total. The third kappa shape index (κ3) is 2.70. The number of nitrogens with zero attached hydrogens (tertiary/aromatic N) is 2. The minimum atomic E-state index is -0.230. The Balaban J connectivity index is 2.25. The lowest BCUT2D eigenvalue weighted by Gasteiger charge is -2.10. The summed E-state index contributed by atoms with van der Waals surface area (Å²) in [6, 6.07) is 5.21. The normalized spacial score (nSPS) is 10.6. The number of benzene rings is 1. The summed E-state index contributed by atoms with van der Waals surface area (Å²) in [6.07, 6.45) is 5.63. The molecule has 0 unspecified atom stereocenters. The van der Waals surface area contributed by atoms with Gasteiger partial charge in [0, 0.05) is 18.9 Å². The summed E-state index contributed by atoms with van der Waals surface area (Å²) in [5, 5.41) is 3.22. The van der Waals surface area contributed by atoms with Crippen LogP contribution in [0.5, 0.6) is 0 Å². The van der Waals surface area contributed by atoms with E-state index in [0.29, 0.717) is 11.6 Å². The van der Waals surface area contributed by atoms with Crippen molar-refractivity contribution < 1.29 is 4.39 Å². The third-order valence-electron chi connectivity index (χ3n) is 2.82. The molecule has 0 aliphatic rings. The van der Waals surface area contributed by atoms with Crippen LogP contribution in [0.1, 0.15) is 25.3 Å². The van der Waals surface area contributed by atoms with E-state index in [4.69, 9.17) is 0 Å². The zero-order valence-corrected chi connectivity index (χ0v) is 10.8. The van der Waals surface area contributed by atoms with Gasteiger partial charge in [0.2, 0.25) is 5.95 Å². The molecule has 0 aliphatic carbocycles. The summed E-state index contributed by atoms with van der Waals surface area (Å²) in [5.41, 5.74) is 1.44. The van der Waals surface area contributed by atoms with Crippen LogP contribution in [-0.4, -0.2) is 16.1 Å². The van der Waals surface area contributed by atoms with Gasteiger partial charge in [-0.05, 0) is 31.0 Å². The number of unbranched alkanes of at least 4 members (excludes halogenated alkanes) is 1. The quantitative estimate of drug-likeness (QED) is 0.819. The molecule has 0 aliphatic heterocycles. The molecule has 0 atom stereocenters. The number of aryl methyl sites for hydroxylation is 1. The van der Waals surface area contributed by atoms with Gasteiger partial charge in [0.1, 0.15) is 5.82 Å². The maximum atomic E-state index is 13.9. The minimum Gasteiger partial charge on any atom is -0.355 e. The lowest BCUT2D eigenvalue weighted by molar-refractivity contribution is 0.617. The predicted octanol–water partition coefficient (Wildman–Crippen LogP) is 3.53. The molecular formula is C14H18FN3. The molecule has 0 saturated carbocycles. The molecule has 0 radical (unpaired) electrons. The number of nitrogens with one attached hydrogen (secondary N) is 1. The first-order valence-corrected chi connectivity index (χ1v) is 6.26. The van der Waals surface area contributed by atoms with Gasteiger partial charge in [-0.25, -0.2) is 9.37 Å². The van der Waals surface area contributed by atoms with E-state index in [2.05, 4.69) is 17.2 Å². The van der Waals surface area contributed by atoms with Crippen LogP contribution in [0.4, 0.5) is 10.3 Å². The Morgan fingerprint density at radius 1 is 1.39 bits per heavy atom. The summed E-state index contributed by atoms with van der Waals surface area (Å²) < 4.78 is 15.6. The SMILES string of the molecule is CCCCNc1nccn1-c1ccc(C)cc1F. The smallest absolute Gasteiger partial charge is 0.207 e. The first kappa shape index (κ1) is 12.6. The van der Waals surface area contributed by atoms with E-state index in [9.17, 15) is 4.39 Å². The molecule has 0 saturated heterocycles. The van der Waals surface area contributed by atoms with Crippen LogP contribution in [0, 0.1) is 12.7 Å². The van der Waals surface area contributed by atoms with E-state index < -0.39 is 0 Å². The standard InChI is InChI=1S/C14H18FN3/c1-3-4-7-16-14-17-8-9-18(14)13-6-5-11(2)10-12(13)15/h5-6,8-10H,3-4,7H2,1-2H3,(H,16,17). The second-order valence-electron chi connectivity index (χ2n) is 4.36. The van der Waals surface area contributed by atoms with Gasteiger partial charge in [-0.2, -0.15) is 0 Å². The zero-order chi connectivity index (χ0) is 13.0. The molecule has 1 N–H and O–H groups in total. The van der Waals surface area contributed by atoms with Crippen LogP contribution in [0.15, 0.2) is 30.6 Å². The Morgan fingerprint density at radius 2 is 2.22 bits per heavy atom. The molecule has 4 heteroatoms. The van der Waals surface area contributed by atoms with E-state index in [1.54, 1.807) is 23.0 Å². The van der Waals surface area contributed by atoms with Gasteiger partial charge in [0.05, 0.1) is 5.69 Å². The highest BCUT2D eigenvalue weighted by Crippen LogP contribution is 2.19. The highest BCUT2D eigenvalue weighted by atomic mass is 19.1. The number of halogens is 1. The molecule has 1 aromatic carbocycles. The Hall–Kier alpha value is -1.84. The van der Waals surface area contributed by atoms with Gasteiger partial charge in [0.15, 0.2) is 0 Å². The summed E-state index contributed by atoms with van der Waals surface area (Å²) >= 11 is 0. The molecule has 0 amide bonds. The fraction of sp³-hybridized carbons (Fsp3) is 0.357. The van der Waals surface area contributed by atoms with Gasteiger partial charge in [0.25, 0.3) is 0 Å². The van der Waals surface area contributed by atoms with Crippen molar-refractivity contribution in [3.63, 3.8) is 0 Å². The van der Waals surface area contributed by atoms with Gasteiger partial charge in [-0.15, -0.1) is 0 Å². The van der Waals surface area contributed by atoms with Crippen molar-refractivity contribution in [3.8, 4) is 5.69 Å². The summed E-state index contributed by atoms with van der Waals surface area (Å²) in [5.74, 6) is 0.456. The number of imidazole rings is 1. The summed E-state index contributed by atoms with van der Waals surface area (Å²) in [7, 11) is 0. The van der Waals surface area contributed by atoms with E-state index >= 15 is 0 Å². The molecule has 2 aromatic rings. The minimum absolute atomic E-state index is 0.230. The van der Waals surface area contributed by atoms with Gasteiger partial charge < -0.3 is 5.32 Å². The first-order valence-electron chi connectivity index (χ1n) is 6.26. The average Bonchev–Trinajstić information content (AvgIpc) is 2.78. The van der Waals surface area contributed by atoms with Crippen LogP contribution < -0.4 is 5.32 Å². The second kappa shape index (κ2) is 5.67. The van der Waals surface area contributed by atoms with Crippen molar-refractivity contribution >= 4 is 5.95 Å². The Kier molecular flexibility index (Phi) is 3.97. The average molecular weight is 247 g/mol. The monoisotopic (exact) mass is 247 g/mol. The molecule has 0 fully saturated rings. The van der Waals surface area contributed by atoms with Crippen molar-refractivity contribution in [3.05, 3.63) is 42.0 Å². The summed E-state index contributed by atoms with van der Waals surface area (Å²) in [6.45, 7) is 4.86. The van der Waals surface area contributed by atoms with Gasteiger partial charge in [-0.1, -0.05) is 19.4 Å². The van der Waals surface area contributed by atoms with E-state index in [1.165, 1.54) is 6.07 Å². The maximum Gasteiger partial charge on any atom is 0.207 e. The fourth-order valence-corrected chi connectivity index (χ4v) is 1.81. The Labute approximate surface area is 107 Å². The number of anilines is 1. The topological polar surface area (TPSA) is 29.9 Å². The fourth-order valence-electron chi connectivity index (χ4n) is 1.81. The molecular weight excluding hydrogens is 229 g/mol. The zero-order valence-electron chi connectivity index (χ0n) is 10.8. The van der Waals surface area contributed by atoms with Crippen molar-refractivity contribution in [2.24, 2.45) is 0 Å². The summed E-state index contributed by atoms with van der Waals surface area (Å²) in [4.78, 5) is 4.21. The number of hydrogen-bond donors (Lipinski definition) is 1. The molecule has 2 rings (SSSR count). The van der Waals surface area contributed by atoms with Crippen LogP contribution >= 0.6 is 0 Å². The van der Waals surface area contributed by atoms with Gasteiger partial charge in [-0.3, -0.25) is 4.57 Å². The highest BCUT2D eigenvalue weighted by Gasteiger charge is 2.08. The van der Waals surface area contributed by atoms with Crippen molar-refractivity contribution in [1.82, 2.24) is 9.55 Å². The molecule has 0 bridgehead atoms. The highest BCUT2D eigenvalue weighted by molar-refractivity contribution is 5.43. The van der Waals surface area contributed by atoms with Crippen LogP contribution in [0.3, 0.4) is 0 Å². The molecule has 1 heterocycles. The molecule has 96 valence electrons. The Morgan fingerprint density at radius 3 is 2.94 bits per heavy atom. The first-order chi connectivity index (χ1) is 8.72. The number of hydrogen-bond acceptors (Lipinski definition) is 2. The largest absolute Gasteiger partial charge is 0.355 e. The van der Waals surface area contributed by atoms with Crippen molar-refractivity contribution in [1.29, 1.82) is 0 Å². The molecule has 18 heavy (non-hydrogen) atoms. The maximum absolute atomic E-state index is 13.9. The number of rotatable bonds is 5. The molecule has 1 aromatic heterocycles. The van der Waals surface area contributed by atoms with E-state index in [1.807, 2.05) is 13.0 Å². The third-order valence-corrected chi connectivity index (χ3v) is 2.82. The van der Waals surface area contributed by atoms with Crippen LogP contribution in [0.25, 0.3) is 5.69 Å². The van der Waals surface area contributed by atoms with E-state index in [0.717, 1.165) is 24.9 Å². The van der Waals surface area contributed by atoms with Crippen molar-refractivity contribution in [2.45, 2.75) is 26.7 Å². The van der Waals surface area contributed by atoms with Crippen LogP contribution in [0.2, 0.25) is 0 Å².